The number of hydrogen-bond acceptors (Lipinski definition) is 5. The van der Waals surface area contributed by atoms with Crippen LogP contribution in [0.1, 0.15) is 11.5 Å². The quantitative estimate of drug-likeness (QED) is 0.505. The van der Waals surface area contributed by atoms with Crippen LogP contribution in [0.15, 0.2) is 57.8 Å². The Hall–Kier alpha value is -3.69. The second-order valence-electron chi connectivity index (χ2n) is 6.58. The van der Waals surface area contributed by atoms with E-state index in [-0.39, 0.29) is 28.9 Å². The van der Waals surface area contributed by atoms with Crippen LogP contribution in [0.3, 0.4) is 0 Å². The molecule has 0 spiro atoms. The molecule has 0 aliphatic heterocycles. The lowest BCUT2D eigenvalue weighted by Gasteiger charge is -2.13. The average molecular weight is 419 g/mol. The predicted octanol–water partition coefficient (Wildman–Crippen LogP) is 4.05. The molecule has 2 aromatic carbocycles. The van der Waals surface area contributed by atoms with Crippen LogP contribution in [0.4, 0.5) is 17.6 Å². The highest BCUT2D eigenvalue weighted by molar-refractivity contribution is 5.77. The number of para-hydroxylation sites is 1. The molecule has 0 aliphatic rings. The number of nitrogens with zero attached hydrogens (tertiary/aromatic N) is 3. The molecule has 0 bridgehead atoms. The Morgan fingerprint density at radius 2 is 1.87 bits per heavy atom. The summed E-state index contributed by atoms with van der Waals surface area (Å²) in [7, 11) is 0. The first-order chi connectivity index (χ1) is 14.2. The number of phenolic OH excluding ortho intramolecular Hbond substituents is 1. The van der Waals surface area contributed by atoms with Crippen LogP contribution in [0.5, 0.6) is 5.75 Å². The molecular weight excluding hydrogens is 406 g/mol. The molecule has 0 fully saturated rings. The summed E-state index contributed by atoms with van der Waals surface area (Å²) < 4.78 is 58.4. The van der Waals surface area contributed by atoms with Gasteiger partial charge in [-0.25, -0.2) is 9.37 Å². The zero-order valence-corrected chi connectivity index (χ0v) is 15.2. The van der Waals surface area contributed by atoms with E-state index in [1.807, 2.05) is 0 Å². The molecule has 1 N–H and O–H groups in total. The summed E-state index contributed by atoms with van der Waals surface area (Å²) in [5.74, 6) is -1.70. The number of benzene rings is 2. The van der Waals surface area contributed by atoms with E-state index in [1.165, 1.54) is 24.3 Å². The van der Waals surface area contributed by atoms with Crippen molar-refractivity contribution < 1.29 is 27.2 Å². The van der Waals surface area contributed by atoms with Crippen molar-refractivity contribution in [2.75, 3.05) is 0 Å². The van der Waals surface area contributed by atoms with Gasteiger partial charge >= 0.3 is 6.18 Å². The fraction of sp³-hybridized carbons (Fsp3) is 0.150. The first kappa shape index (κ1) is 19.6. The topological polar surface area (TPSA) is 81.2 Å². The minimum Gasteiger partial charge on any atom is -0.505 e. The summed E-state index contributed by atoms with van der Waals surface area (Å²) in [6.07, 6.45) is -5.95. The van der Waals surface area contributed by atoms with Crippen molar-refractivity contribution in [1.29, 1.82) is 0 Å². The Balaban J connectivity index is 1.75. The number of fused-ring (bicyclic) bond motifs is 1. The van der Waals surface area contributed by atoms with Crippen LogP contribution in [0.25, 0.3) is 22.2 Å². The Labute approximate surface area is 166 Å². The summed E-state index contributed by atoms with van der Waals surface area (Å²) in [5.41, 5.74) is 0.00743. The summed E-state index contributed by atoms with van der Waals surface area (Å²) >= 11 is 0. The van der Waals surface area contributed by atoms with E-state index in [0.717, 1.165) is 16.7 Å². The van der Waals surface area contributed by atoms with Crippen LogP contribution >= 0.6 is 0 Å². The van der Waals surface area contributed by atoms with Gasteiger partial charge < -0.3 is 9.63 Å². The van der Waals surface area contributed by atoms with Crippen molar-refractivity contribution >= 4 is 10.9 Å². The molecule has 0 aliphatic carbocycles. The van der Waals surface area contributed by atoms with Crippen LogP contribution in [-0.2, 0) is 13.0 Å². The van der Waals surface area contributed by atoms with Crippen molar-refractivity contribution in [3.63, 3.8) is 0 Å². The fourth-order valence-corrected chi connectivity index (χ4v) is 3.04. The summed E-state index contributed by atoms with van der Waals surface area (Å²) in [4.78, 5) is 16.8. The van der Waals surface area contributed by atoms with E-state index >= 15 is 0 Å². The highest BCUT2D eigenvalue weighted by Gasteiger charge is 2.31. The molecule has 10 heteroatoms. The molecule has 30 heavy (non-hydrogen) atoms. The van der Waals surface area contributed by atoms with Gasteiger partial charge in [-0.2, -0.15) is 13.2 Å². The Bertz CT molecular complexity index is 1290. The van der Waals surface area contributed by atoms with Crippen LogP contribution < -0.4 is 5.56 Å². The molecule has 2 aromatic heterocycles. The van der Waals surface area contributed by atoms with Gasteiger partial charge in [0.2, 0.25) is 0 Å². The predicted molar refractivity (Wildman–Crippen MR) is 98.4 cm³/mol. The number of hydrogen-bond donors (Lipinski definition) is 1. The molecule has 0 saturated carbocycles. The Morgan fingerprint density at radius 1 is 1.10 bits per heavy atom. The second-order valence-corrected chi connectivity index (χ2v) is 6.58. The zero-order chi connectivity index (χ0) is 21.5. The number of aromatic hydroxyl groups is 1. The largest absolute Gasteiger partial charge is 0.505 e. The fourth-order valence-electron chi connectivity index (χ4n) is 3.04. The number of aromatic nitrogens is 3. The van der Waals surface area contributed by atoms with Crippen molar-refractivity contribution in [2.45, 2.75) is 19.1 Å². The molecule has 4 rings (SSSR count). The maximum absolute atomic E-state index is 13.2. The van der Waals surface area contributed by atoms with Gasteiger partial charge in [-0.1, -0.05) is 17.3 Å². The molecule has 2 heterocycles. The Kier molecular flexibility index (Phi) is 4.76. The van der Waals surface area contributed by atoms with Gasteiger partial charge in [-0.05, 0) is 30.3 Å². The van der Waals surface area contributed by atoms with Crippen LogP contribution in [0.2, 0.25) is 0 Å². The number of rotatable bonds is 4. The number of alkyl halides is 3. The van der Waals surface area contributed by atoms with E-state index in [0.29, 0.717) is 5.56 Å². The average Bonchev–Trinajstić information content (AvgIpc) is 3.14. The third-order valence-corrected chi connectivity index (χ3v) is 4.41. The van der Waals surface area contributed by atoms with Gasteiger partial charge in [-0.15, -0.1) is 0 Å². The smallest absolute Gasteiger partial charge is 0.396 e. The first-order valence-electron chi connectivity index (χ1n) is 8.71. The van der Waals surface area contributed by atoms with E-state index in [4.69, 9.17) is 4.52 Å². The zero-order valence-electron chi connectivity index (χ0n) is 15.2. The third-order valence-electron chi connectivity index (χ3n) is 4.41. The third kappa shape index (κ3) is 3.88. The monoisotopic (exact) mass is 419 g/mol. The lowest BCUT2D eigenvalue weighted by atomic mass is 10.1. The first-order valence-corrected chi connectivity index (χ1v) is 8.71. The van der Waals surface area contributed by atoms with E-state index in [2.05, 4.69) is 10.1 Å². The minimum absolute atomic E-state index is 0.152. The van der Waals surface area contributed by atoms with E-state index in [1.54, 1.807) is 12.1 Å². The van der Waals surface area contributed by atoms with Crippen molar-refractivity contribution in [2.24, 2.45) is 0 Å². The van der Waals surface area contributed by atoms with Gasteiger partial charge in [-0.3, -0.25) is 9.36 Å². The molecule has 6 nitrogen and oxygen atoms in total. The number of phenols is 1. The summed E-state index contributed by atoms with van der Waals surface area (Å²) in [6.45, 7) is -0.307. The van der Waals surface area contributed by atoms with Crippen molar-refractivity contribution in [3.8, 4) is 17.1 Å². The van der Waals surface area contributed by atoms with Gasteiger partial charge in [0.05, 0.1) is 17.4 Å². The normalized spacial score (nSPS) is 11.9. The standard InChI is InChI=1S/C20H13F4N3O3/c21-14-6-5-11(7-16(14)28)17-8-12(26-30-17)10-27-18(9-20(22,23)24)25-15-4-2-1-3-13(15)19(27)29/h1-8,28H,9-10H2. The summed E-state index contributed by atoms with van der Waals surface area (Å²) in [5, 5.41) is 13.4. The second kappa shape index (κ2) is 7.29. The molecule has 0 unspecified atom stereocenters. The lowest BCUT2D eigenvalue weighted by molar-refractivity contribution is -0.129. The van der Waals surface area contributed by atoms with E-state index < -0.39 is 35.5 Å². The van der Waals surface area contributed by atoms with Gasteiger partial charge in [0.25, 0.3) is 5.56 Å². The minimum atomic E-state index is -4.57. The molecular formula is C20H13F4N3O3. The highest BCUT2D eigenvalue weighted by atomic mass is 19.4. The Morgan fingerprint density at radius 3 is 2.60 bits per heavy atom. The molecule has 0 saturated heterocycles. The maximum atomic E-state index is 13.2. The molecule has 154 valence electrons. The van der Waals surface area contributed by atoms with Crippen LogP contribution in [-0.4, -0.2) is 26.0 Å². The highest BCUT2D eigenvalue weighted by Crippen LogP contribution is 2.27. The van der Waals surface area contributed by atoms with Crippen molar-refractivity contribution in [1.82, 2.24) is 14.7 Å². The van der Waals surface area contributed by atoms with Crippen molar-refractivity contribution in [3.05, 3.63) is 76.2 Å². The number of halogens is 4. The van der Waals surface area contributed by atoms with Gasteiger partial charge in [0, 0.05) is 11.6 Å². The lowest BCUT2D eigenvalue weighted by Crippen LogP contribution is -2.29. The SMILES string of the molecule is O=c1c2ccccc2nc(CC(F)(F)F)n1Cc1cc(-c2ccc(F)c(O)c2)on1. The van der Waals surface area contributed by atoms with Gasteiger partial charge in [0.1, 0.15) is 17.9 Å². The molecule has 0 amide bonds. The maximum Gasteiger partial charge on any atom is 0.396 e. The molecule has 0 radical (unpaired) electrons. The summed E-state index contributed by atoms with van der Waals surface area (Å²) in [6, 6.07) is 11.0. The molecule has 4 aromatic rings. The van der Waals surface area contributed by atoms with Crippen LogP contribution in [0, 0.1) is 5.82 Å². The van der Waals surface area contributed by atoms with E-state index in [9.17, 15) is 27.5 Å². The molecule has 0 atom stereocenters. The van der Waals surface area contributed by atoms with Gasteiger partial charge in [0.15, 0.2) is 17.3 Å².